The molecule has 3 rings (SSSR count). The first-order valence-electron chi connectivity index (χ1n) is 7.77. The van der Waals surface area contributed by atoms with E-state index < -0.39 is 18.0 Å². The number of carbonyl (C=O) groups is 2. The van der Waals surface area contributed by atoms with Crippen molar-refractivity contribution in [1.82, 2.24) is 4.98 Å². The monoisotopic (exact) mass is 388 g/mol. The normalized spacial score (nSPS) is 11.8. The summed E-state index contributed by atoms with van der Waals surface area (Å²) in [4.78, 5) is 28.7. The molecule has 0 saturated heterocycles. The van der Waals surface area contributed by atoms with Gasteiger partial charge in [-0.25, -0.2) is 9.78 Å². The van der Waals surface area contributed by atoms with Crippen LogP contribution >= 0.6 is 23.2 Å². The van der Waals surface area contributed by atoms with Gasteiger partial charge in [-0.2, -0.15) is 0 Å². The molecular weight excluding hydrogens is 375 g/mol. The molecule has 2 aromatic carbocycles. The Balaban J connectivity index is 1.68. The Morgan fingerprint density at radius 1 is 1.08 bits per heavy atom. The molecular formula is C19H14Cl2N2O3. The summed E-state index contributed by atoms with van der Waals surface area (Å²) in [7, 11) is 0. The van der Waals surface area contributed by atoms with Gasteiger partial charge in [-0.3, -0.25) is 4.79 Å². The molecule has 0 bridgehead atoms. The summed E-state index contributed by atoms with van der Waals surface area (Å²) in [6.07, 6.45) is -1.03. The summed E-state index contributed by atoms with van der Waals surface area (Å²) in [6.45, 7) is 1.47. The number of carbonyl (C=O) groups excluding carboxylic acids is 2. The lowest BCUT2D eigenvalue weighted by atomic mass is 10.2. The molecule has 132 valence electrons. The van der Waals surface area contributed by atoms with E-state index in [0.29, 0.717) is 21.2 Å². The zero-order chi connectivity index (χ0) is 18.7. The van der Waals surface area contributed by atoms with Crippen LogP contribution in [0.1, 0.15) is 17.4 Å². The van der Waals surface area contributed by atoms with Crippen LogP contribution in [0, 0.1) is 0 Å². The van der Waals surface area contributed by atoms with Gasteiger partial charge >= 0.3 is 5.97 Å². The molecule has 0 spiro atoms. The van der Waals surface area contributed by atoms with Crippen LogP contribution in [0.3, 0.4) is 0 Å². The molecule has 1 amide bonds. The van der Waals surface area contributed by atoms with Crippen molar-refractivity contribution in [3.8, 4) is 0 Å². The number of halogens is 2. The quantitative estimate of drug-likeness (QED) is 0.656. The third-order valence-corrected chi connectivity index (χ3v) is 4.20. The number of para-hydroxylation sites is 1. The smallest absolute Gasteiger partial charge is 0.357 e. The Bertz CT molecular complexity index is 991. The topological polar surface area (TPSA) is 68.3 Å². The van der Waals surface area contributed by atoms with Crippen molar-refractivity contribution >= 4 is 51.7 Å². The average Bonchev–Trinajstić information content (AvgIpc) is 2.63. The number of rotatable bonds is 4. The van der Waals surface area contributed by atoms with E-state index in [0.717, 1.165) is 5.39 Å². The minimum Gasteiger partial charge on any atom is -0.448 e. The third-order valence-electron chi connectivity index (χ3n) is 3.65. The van der Waals surface area contributed by atoms with E-state index in [1.807, 2.05) is 18.2 Å². The highest BCUT2D eigenvalue weighted by Crippen LogP contribution is 2.25. The maximum absolute atomic E-state index is 12.3. The molecule has 1 aromatic heterocycles. The molecule has 3 aromatic rings. The van der Waals surface area contributed by atoms with E-state index in [4.69, 9.17) is 27.9 Å². The molecule has 0 aliphatic heterocycles. The van der Waals surface area contributed by atoms with Gasteiger partial charge in [0.05, 0.1) is 16.2 Å². The van der Waals surface area contributed by atoms with E-state index in [2.05, 4.69) is 10.3 Å². The van der Waals surface area contributed by atoms with Crippen molar-refractivity contribution in [3.05, 3.63) is 70.3 Å². The summed E-state index contributed by atoms with van der Waals surface area (Å²) in [5, 5.41) is 4.25. The zero-order valence-electron chi connectivity index (χ0n) is 13.7. The van der Waals surface area contributed by atoms with Gasteiger partial charge in [0.25, 0.3) is 5.91 Å². The number of nitrogens with zero attached hydrogens (tertiary/aromatic N) is 1. The molecule has 5 nitrogen and oxygen atoms in total. The number of nitrogens with one attached hydrogen (secondary N) is 1. The molecule has 0 fully saturated rings. The van der Waals surface area contributed by atoms with Gasteiger partial charge < -0.3 is 10.1 Å². The standard InChI is InChI=1S/C19H14Cl2N2O3/c1-11(18(24)23-16-9-7-13(20)10-14(16)21)26-19(25)17-8-6-12-4-2-3-5-15(12)22-17/h2-11H,1H3,(H,23,24)/t11-/m1/s1. The largest absolute Gasteiger partial charge is 0.448 e. The van der Waals surface area contributed by atoms with Crippen molar-refractivity contribution in [2.24, 2.45) is 0 Å². The molecule has 1 atom stereocenters. The van der Waals surface area contributed by atoms with E-state index >= 15 is 0 Å². The zero-order valence-corrected chi connectivity index (χ0v) is 15.2. The number of ether oxygens (including phenoxy) is 1. The minimum absolute atomic E-state index is 0.132. The second-order valence-electron chi connectivity index (χ2n) is 5.55. The predicted molar refractivity (Wildman–Crippen MR) is 102 cm³/mol. The van der Waals surface area contributed by atoms with Crippen LogP contribution in [0.5, 0.6) is 0 Å². The van der Waals surface area contributed by atoms with Gasteiger partial charge in [-0.1, -0.05) is 47.5 Å². The highest BCUT2D eigenvalue weighted by Gasteiger charge is 2.20. The van der Waals surface area contributed by atoms with Crippen molar-refractivity contribution in [3.63, 3.8) is 0 Å². The van der Waals surface area contributed by atoms with E-state index in [1.54, 1.807) is 30.3 Å². The number of fused-ring (bicyclic) bond motifs is 1. The van der Waals surface area contributed by atoms with Crippen LogP contribution in [0.2, 0.25) is 10.0 Å². The van der Waals surface area contributed by atoms with E-state index in [1.165, 1.54) is 13.0 Å². The number of hydrogen-bond acceptors (Lipinski definition) is 4. The minimum atomic E-state index is -1.03. The van der Waals surface area contributed by atoms with E-state index in [9.17, 15) is 9.59 Å². The lowest BCUT2D eigenvalue weighted by molar-refractivity contribution is -0.123. The predicted octanol–water partition coefficient (Wildman–Crippen LogP) is 4.73. The first-order valence-corrected chi connectivity index (χ1v) is 8.52. The van der Waals surface area contributed by atoms with Crippen LogP contribution in [0.25, 0.3) is 10.9 Å². The molecule has 1 N–H and O–H groups in total. The average molecular weight is 389 g/mol. The Hall–Kier alpha value is -2.63. The number of hydrogen-bond donors (Lipinski definition) is 1. The molecule has 0 radical (unpaired) electrons. The summed E-state index contributed by atoms with van der Waals surface area (Å²) in [5.74, 6) is -1.19. The highest BCUT2D eigenvalue weighted by atomic mass is 35.5. The van der Waals surface area contributed by atoms with Crippen molar-refractivity contribution < 1.29 is 14.3 Å². The van der Waals surface area contributed by atoms with Gasteiger partial charge in [0, 0.05) is 10.4 Å². The fourth-order valence-corrected chi connectivity index (χ4v) is 2.74. The van der Waals surface area contributed by atoms with E-state index in [-0.39, 0.29) is 5.69 Å². The highest BCUT2D eigenvalue weighted by molar-refractivity contribution is 6.36. The molecule has 0 saturated carbocycles. The maximum atomic E-state index is 12.3. The summed E-state index contributed by atoms with van der Waals surface area (Å²) >= 11 is 11.8. The molecule has 0 unspecified atom stereocenters. The number of esters is 1. The fraction of sp³-hybridized carbons (Fsp3) is 0.105. The van der Waals surface area contributed by atoms with Crippen molar-refractivity contribution in [2.45, 2.75) is 13.0 Å². The first-order chi connectivity index (χ1) is 12.4. The van der Waals surface area contributed by atoms with Crippen LogP contribution in [0.4, 0.5) is 5.69 Å². The SMILES string of the molecule is C[C@@H](OC(=O)c1ccc2ccccc2n1)C(=O)Nc1ccc(Cl)cc1Cl. The van der Waals surface area contributed by atoms with Gasteiger partial charge in [-0.15, -0.1) is 0 Å². The maximum Gasteiger partial charge on any atom is 0.357 e. The fourth-order valence-electron chi connectivity index (χ4n) is 2.28. The third kappa shape index (κ3) is 4.12. The molecule has 1 heterocycles. The van der Waals surface area contributed by atoms with Crippen LogP contribution < -0.4 is 5.32 Å². The molecule has 26 heavy (non-hydrogen) atoms. The van der Waals surface area contributed by atoms with Gasteiger partial charge in [0.2, 0.25) is 0 Å². The lowest BCUT2D eigenvalue weighted by Crippen LogP contribution is -2.30. The second kappa shape index (κ2) is 7.72. The second-order valence-corrected chi connectivity index (χ2v) is 6.39. The lowest BCUT2D eigenvalue weighted by Gasteiger charge is -2.14. The van der Waals surface area contributed by atoms with Crippen LogP contribution in [-0.4, -0.2) is 23.0 Å². The van der Waals surface area contributed by atoms with Gasteiger partial charge in [0.1, 0.15) is 5.69 Å². The number of aromatic nitrogens is 1. The Morgan fingerprint density at radius 3 is 2.62 bits per heavy atom. The van der Waals surface area contributed by atoms with Crippen molar-refractivity contribution in [1.29, 1.82) is 0 Å². The number of pyridine rings is 1. The molecule has 0 aliphatic carbocycles. The number of anilines is 1. The summed E-state index contributed by atoms with van der Waals surface area (Å²) < 4.78 is 5.20. The van der Waals surface area contributed by atoms with Gasteiger partial charge in [-0.05, 0) is 37.3 Å². The van der Waals surface area contributed by atoms with Crippen molar-refractivity contribution in [2.75, 3.05) is 5.32 Å². The molecule has 7 heteroatoms. The van der Waals surface area contributed by atoms with Gasteiger partial charge in [0.15, 0.2) is 6.10 Å². The van der Waals surface area contributed by atoms with Crippen LogP contribution in [-0.2, 0) is 9.53 Å². The Labute approximate surface area is 159 Å². The number of benzene rings is 2. The summed E-state index contributed by atoms with van der Waals surface area (Å²) in [5.41, 5.74) is 1.19. The Morgan fingerprint density at radius 2 is 1.85 bits per heavy atom. The van der Waals surface area contributed by atoms with Crippen LogP contribution in [0.15, 0.2) is 54.6 Å². The summed E-state index contributed by atoms with van der Waals surface area (Å²) in [6, 6.07) is 15.4. The Kier molecular flexibility index (Phi) is 5.40. The number of amides is 1. The molecule has 0 aliphatic rings. The first kappa shape index (κ1) is 18.2.